The monoisotopic (exact) mass is 1010 g/mol. The van der Waals surface area contributed by atoms with Gasteiger partial charge >= 0.3 is 31.1 Å². The predicted octanol–water partition coefficient (Wildman–Crippen LogP) is 6.55. The maximum absolute atomic E-state index is 16.0. The first-order valence-corrected chi connectivity index (χ1v) is 19.3. The second kappa shape index (κ2) is 20.6. The summed E-state index contributed by atoms with van der Waals surface area (Å²) in [6, 6.07) is 3.40. The topological polar surface area (TPSA) is 176 Å². The molecular weight excluding hydrogens is 964 g/mol. The molecule has 344 valence electrons. The van der Waals surface area contributed by atoms with Crippen molar-refractivity contribution in [2.45, 2.75) is 90.7 Å². The molecule has 3 aromatic rings. The number of rotatable bonds is 17. The first-order valence-electron chi connectivity index (χ1n) is 18.3. The minimum Gasteiger partial charge on any atom is -0.453 e. The molecule has 1 aromatic heterocycles. The number of hydrogen-bond donors (Lipinski definition) is 5. The van der Waals surface area contributed by atoms with Crippen molar-refractivity contribution in [1.82, 2.24) is 36.2 Å². The largest absolute Gasteiger partial charge is 0.453 e. The highest BCUT2D eigenvalue weighted by Crippen LogP contribution is 2.42. The summed E-state index contributed by atoms with van der Waals surface area (Å²) in [5.41, 5.74) is -3.58. The molecule has 4 atom stereocenters. The van der Waals surface area contributed by atoms with Crippen LogP contribution in [0.5, 0.6) is 0 Å². The first-order chi connectivity index (χ1) is 28.5. The van der Waals surface area contributed by atoms with Gasteiger partial charge in [0.05, 0.1) is 42.9 Å². The Morgan fingerprint density at radius 2 is 1.35 bits per heavy atom. The molecule has 0 aliphatic carbocycles. The third kappa shape index (κ3) is 12.9. The first kappa shape index (κ1) is 51.5. The molecule has 5 N–H and O–H groups in total. The molecule has 0 bridgehead atoms. The number of halogens is 10. The molecule has 0 radical (unpaired) electrons. The van der Waals surface area contributed by atoms with Gasteiger partial charge in [0, 0.05) is 34.0 Å². The van der Waals surface area contributed by atoms with Gasteiger partial charge in [-0.1, -0.05) is 12.1 Å². The lowest BCUT2D eigenvalue weighted by Gasteiger charge is -2.38. The van der Waals surface area contributed by atoms with Crippen molar-refractivity contribution in [1.29, 1.82) is 0 Å². The molecule has 0 unspecified atom stereocenters. The lowest BCUT2D eigenvalue weighted by atomic mass is 9.82. The standard InChI is InChI=1S/C38H45F9IN7O7/c1-19-14-21(25-12-13-55(52-25)32(40)41)16-24(39)23(19)17-54(53-31(58)29(51-34(60)62-7)36(4,5)38(45,46)47)18-27(56)26(15-20-8-10-22(48)11-9-20)49-30(57)28(50-33(59)61-6)35(2,3)37(42,43)44/h8-14,16,26-29,32,56H,15,17-18H2,1-7H3,(H,49,57)(H,50,59)(H,51,60)(H,53,58)/t26-,27-,28+,29+/m0/s1. The maximum atomic E-state index is 16.0. The molecule has 0 fully saturated rings. The summed E-state index contributed by atoms with van der Waals surface area (Å²) in [6.07, 6.45) is -14.4. The zero-order valence-corrected chi connectivity index (χ0v) is 36.3. The summed E-state index contributed by atoms with van der Waals surface area (Å²) in [7, 11) is 1.67. The number of hydrazine groups is 1. The van der Waals surface area contributed by atoms with Gasteiger partial charge in [-0.3, -0.25) is 15.0 Å². The van der Waals surface area contributed by atoms with Crippen LogP contribution in [0.3, 0.4) is 0 Å². The molecule has 3 rings (SSSR count). The number of hydrogen-bond acceptors (Lipinski definition) is 9. The number of benzene rings is 2. The number of aromatic nitrogens is 2. The molecule has 0 spiro atoms. The molecule has 0 saturated carbocycles. The maximum Gasteiger partial charge on any atom is 0.407 e. The molecule has 2 aromatic carbocycles. The van der Waals surface area contributed by atoms with E-state index in [9.17, 15) is 59.4 Å². The highest BCUT2D eigenvalue weighted by molar-refractivity contribution is 14.1. The molecule has 62 heavy (non-hydrogen) atoms. The van der Waals surface area contributed by atoms with Gasteiger partial charge in [-0.15, -0.1) is 0 Å². The van der Waals surface area contributed by atoms with E-state index in [2.05, 4.69) is 25.3 Å². The van der Waals surface area contributed by atoms with Crippen LogP contribution in [-0.2, 0) is 32.0 Å². The number of carbonyl (C=O) groups excluding carboxylic acids is 4. The second-order valence-electron chi connectivity index (χ2n) is 15.2. The summed E-state index contributed by atoms with van der Waals surface area (Å²) in [5, 5.41) is 22.3. The lowest BCUT2D eigenvalue weighted by Crippen LogP contribution is -2.63. The molecule has 0 saturated heterocycles. The number of aliphatic hydroxyl groups excluding tert-OH is 1. The van der Waals surface area contributed by atoms with Gasteiger partial charge in [0.25, 0.3) is 5.91 Å². The Balaban J connectivity index is 2.16. The quantitative estimate of drug-likeness (QED) is 0.0571. The average molecular weight is 1010 g/mol. The van der Waals surface area contributed by atoms with Crippen LogP contribution in [0.25, 0.3) is 11.3 Å². The highest BCUT2D eigenvalue weighted by atomic mass is 127. The number of amides is 4. The van der Waals surface area contributed by atoms with Gasteiger partial charge in [0.1, 0.15) is 17.9 Å². The Morgan fingerprint density at radius 3 is 1.81 bits per heavy atom. The van der Waals surface area contributed by atoms with Gasteiger partial charge in [-0.05, 0) is 105 Å². The van der Waals surface area contributed by atoms with Gasteiger partial charge in [-0.25, -0.2) is 23.7 Å². The Morgan fingerprint density at radius 1 is 0.839 bits per heavy atom. The highest BCUT2D eigenvalue weighted by Gasteiger charge is 2.57. The Kier molecular flexibility index (Phi) is 17.1. The second-order valence-corrected chi connectivity index (χ2v) is 16.4. The van der Waals surface area contributed by atoms with E-state index in [1.165, 1.54) is 19.1 Å². The number of ether oxygens (including phenoxy) is 2. The van der Waals surface area contributed by atoms with Crippen molar-refractivity contribution in [2.75, 3.05) is 20.8 Å². The molecule has 14 nitrogen and oxygen atoms in total. The van der Waals surface area contributed by atoms with E-state index in [0.717, 1.165) is 35.1 Å². The van der Waals surface area contributed by atoms with E-state index in [1.54, 1.807) is 24.3 Å². The summed E-state index contributed by atoms with van der Waals surface area (Å²) >= 11 is 1.98. The number of nitrogens with zero attached hydrogens (tertiary/aromatic N) is 3. The SMILES string of the molecule is COC(=O)N[C@H](C(=O)N[C@@H](Cc1ccc(I)cc1)[C@@H](O)CN(Cc1c(C)cc(-c2ccn(C(F)F)n2)cc1F)NC(=O)[C@@H](NC(=O)OC)C(C)(C)C(F)(F)F)C(C)(C)C(F)(F)F. The van der Waals surface area contributed by atoms with Crippen LogP contribution in [0, 0.1) is 27.1 Å². The van der Waals surface area contributed by atoms with Gasteiger partial charge in [0.2, 0.25) is 5.91 Å². The van der Waals surface area contributed by atoms with Crippen LogP contribution in [0.2, 0.25) is 0 Å². The summed E-state index contributed by atoms with van der Waals surface area (Å²) < 4.78 is 138. The molecule has 4 amide bonds. The predicted molar refractivity (Wildman–Crippen MR) is 211 cm³/mol. The fourth-order valence-corrected chi connectivity index (χ4v) is 6.25. The summed E-state index contributed by atoms with van der Waals surface area (Å²) in [5.74, 6) is -4.04. The third-order valence-electron chi connectivity index (χ3n) is 10.0. The van der Waals surface area contributed by atoms with Crippen molar-refractivity contribution in [3.63, 3.8) is 0 Å². The normalized spacial score (nSPS) is 14.5. The summed E-state index contributed by atoms with van der Waals surface area (Å²) in [6.45, 7) is -0.852. The molecule has 0 aliphatic rings. The van der Waals surface area contributed by atoms with Crippen LogP contribution in [0.4, 0.5) is 49.1 Å². The fraction of sp³-hybridized carbons (Fsp3) is 0.500. The Hall–Kier alpha value is -4.85. The van der Waals surface area contributed by atoms with Gasteiger partial charge in [0.15, 0.2) is 0 Å². The van der Waals surface area contributed by atoms with Crippen LogP contribution in [0.15, 0.2) is 48.7 Å². The van der Waals surface area contributed by atoms with Crippen molar-refractivity contribution in [3.05, 3.63) is 74.7 Å². The van der Waals surface area contributed by atoms with Crippen molar-refractivity contribution in [2.24, 2.45) is 10.8 Å². The van der Waals surface area contributed by atoms with Gasteiger partial charge in [-0.2, -0.15) is 40.2 Å². The molecular formula is C38H45F9IN7O7. The van der Waals surface area contributed by atoms with E-state index < -0.39 is 96.9 Å². The van der Waals surface area contributed by atoms with E-state index in [1.807, 2.05) is 33.2 Å². The van der Waals surface area contributed by atoms with Crippen LogP contribution in [-0.4, -0.2) is 101 Å². The van der Waals surface area contributed by atoms with Crippen molar-refractivity contribution in [3.8, 4) is 11.3 Å². The van der Waals surface area contributed by atoms with Crippen LogP contribution < -0.4 is 21.4 Å². The van der Waals surface area contributed by atoms with E-state index in [0.29, 0.717) is 37.9 Å². The number of methoxy groups -OCH3 is 2. The number of alkyl carbamates (subject to hydrolysis) is 2. The van der Waals surface area contributed by atoms with Crippen LogP contribution >= 0.6 is 22.6 Å². The van der Waals surface area contributed by atoms with Crippen molar-refractivity contribution >= 4 is 46.6 Å². The summed E-state index contributed by atoms with van der Waals surface area (Å²) in [4.78, 5) is 52.0. The lowest BCUT2D eigenvalue weighted by molar-refractivity contribution is -0.221. The number of carbonyl (C=O) groups is 4. The smallest absolute Gasteiger partial charge is 0.407 e. The Bertz CT molecular complexity index is 2030. The minimum absolute atomic E-state index is 0.0326. The molecule has 0 aliphatic heterocycles. The van der Waals surface area contributed by atoms with Gasteiger partial charge < -0.3 is 30.5 Å². The molecule has 1 heterocycles. The van der Waals surface area contributed by atoms with E-state index >= 15 is 4.39 Å². The molecule has 24 heteroatoms. The number of nitrogens with one attached hydrogen (secondary N) is 4. The number of aryl methyl sites for hydroxylation is 1. The zero-order valence-electron chi connectivity index (χ0n) is 34.1. The zero-order chi connectivity index (χ0) is 47.1. The van der Waals surface area contributed by atoms with Crippen LogP contribution in [0.1, 0.15) is 50.9 Å². The van der Waals surface area contributed by atoms with Crippen molar-refractivity contribution < 1.29 is 73.3 Å². The Labute approximate surface area is 363 Å². The fourth-order valence-electron chi connectivity index (χ4n) is 5.89. The number of aliphatic hydroxyl groups is 1. The minimum atomic E-state index is -5.14. The van der Waals surface area contributed by atoms with E-state index in [4.69, 9.17) is 0 Å². The number of alkyl halides is 8. The van der Waals surface area contributed by atoms with E-state index in [-0.39, 0.29) is 28.8 Å². The average Bonchev–Trinajstić information content (AvgIpc) is 3.67. The third-order valence-corrected chi connectivity index (χ3v) is 10.8.